The molecule has 0 radical (unpaired) electrons. The van der Waals surface area contributed by atoms with Gasteiger partial charge in [0.25, 0.3) is 5.91 Å². The second kappa shape index (κ2) is 8.30. The van der Waals surface area contributed by atoms with Crippen LogP contribution in [0.2, 0.25) is 0 Å². The number of carbonyl (C=O) groups excluding carboxylic acids is 3. The van der Waals surface area contributed by atoms with Gasteiger partial charge in [-0.05, 0) is 29.9 Å². The Bertz CT molecular complexity index is 923. The maximum atomic E-state index is 13.6. The molecule has 0 aliphatic carbocycles. The van der Waals surface area contributed by atoms with Gasteiger partial charge < -0.3 is 10.2 Å². The summed E-state index contributed by atoms with van der Waals surface area (Å²) in [5, 5.41) is 2.91. The van der Waals surface area contributed by atoms with Crippen LogP contribution in [-0.4, -0.2) is 47.3 Å². The van der Waals surface area contributed by atoms with E-state index in [-0.39, 0.29) is 18.4 Å². The van der Waals surface area contributed by atoms with Crippen LogP contribution < -0.4 is 5.32 Å². The number of benzene rings is 2. The molecule has 2 saturated heterocycles. The van der Waals surface area contributed by atoms with Gasteiger partial charge in [-0.15, -0.1) is 0 Å². The van der Waals surface area contributed by atoms with Gasteiger partial charge in [0.15, 0.2) is 5.54 Å². The average molecular weight is 405 g/mol. The number of carbonyl (C=O) groups is 3. The molecule has 2 heterocycles. The molecule has 4 amide bonds. The third-order valence-electron chi connectivity index (χ3n) is 6.18. The first-order chi connectivity index (χ1) is 14.5. The quantitative estimate of drug-likeness (QED) is 0.778. The van der Waals surface area contributed by atoms with Crippen LogP contribution in [0.5, 0.6) is 0 Å². The molecule has 0 spiro atoms. The molecule has 156 valence electrons. The maximum absolute atomic E-state index is 13.6. The molecule has 0 saturated carbocycles. The lowest BCUT2D eigenvalue weighted by molar-refractivity contribution is -0.140. The summed E-state index contributed by atoms with van der Waals surface area (Å²) in [6.45, 7) is 3.31. The van der Waals surface area contributed by atoms with Crippen LogP contribution in [0.1, 0.15) is 30.9 Å². The van der Waals surface area contributed by atoms with E-state index < -0.39 is 11.6 Å². The van der Waals surface area contributed by atoms with Crippen molar-refractivity contribution in [3.63, 3.8) is 0 Å². The van der Waals surface area contributed by atoms with E-state index in [9.17, 15) is 14.4 Å². The van der Waals surface area contributed by atoms with E-state index in [1.54, 1.807) is 4.90 Å². The number of urea groups is 1. The van der Waals surface area contributed by atoms with Gasteiger partial charge in [0.2, 0.25) is 5.91 Å². The number of likely N-dealkylation sites (tertiary alicyclic amines) is 1. The van der Waals surface area contributed by atoms with E-state index in [1.807, 2.05) is 60.7 Å². The van der Waals surface area contributed by atoms with Gasteiger partial charge in [0.1, 0.15) is 6.54 Å². The van der Waals surface area contributed by atoms with Crippen molar-refractivity contribution in [2.45, 2.75) is 31.7 Å². The minimum absolute atomic E-state index is 0.172. The number of hydrogen-bond acceptors (Lipinski definition) is 3. The Balaban J connectivity index is 1.60. The molecular weight excluding hydrogens is 378 g/mol. The first kappa shape index (κ1) is 20.1. The van der Waals surface area contributed by atoms with Gasteiger partial charge in [0.05, 0.1) is 0 Å². The number of piperidine rings is 1. The first-order valence-corrected chi connectivity index (χ1v) is 10.5. The minimum Gasteiger partial charge on any atom is -0.341 e. The van der Waals surface area contributed by atoms with Gasteiger partial charge >= 0.3 is 6.03 Å². The van der Waals surface area contributed by atoms with Gasteiger partial charge in [-0.1, -0.05) is 67.6 Å². The van der Waals surface area contributed by atoms with Crippen molar-refractivity contribution in [1.29, 1.82) is 0 Å². The summed E-state index contributed by atoms with van der Waals surface area (Å²) in [5.41, 5.74) is 0.443. The second-order valence-electron chi connectivity index (χ2n) is 8.32. The molecule has 2 aromatic rings. The molecule has 6 nitrogen and oxygen atoms in total. The average Bonchev–Trinajstić information content (AvgIpc) is 3.00. The zero-order valence-electron chi connectivity index (χ0n) is 17.2. The summed E-state index contributed by atoms with van der Waals surface area (Å²) in [7, 11) is 0. The maximum Gasteiger partial charge on any atom is 0.325 e. The molecule has 2 aromatic carbocycles. The lowest BCUT2D eigenvalue weighted by atomic mass is 9.83. The topological polar surface area (TPSA) is 69.7 Å². The highest BCUT2D eigenvalue weighted by molar-refractivity contribution is 6.09. The highest BCUT2D eigenvalue weighted by Gasteiger charge is 2.53. The monoisotopic (exact) mass is 405 g/mol. The summed E-state index contributed by atoms with van der Waals surface area (Å²) >= 11 is 0. The molecule has 0 aromatic heterocycles. The summed E-state index contributed by atoms with van der Waals surface area (Å²) in [4.78, 5) is 42.1. The predicted molar refractivity (Wildman–Crippen MR) is 113 cm³/mol. The molecule has 2 aliphatic heterocycles. The molecular formula is C24H27N3O3. The van der Waals surface area contributed by atoms with E-state index in [0.717, 1.165) is 23.3 Å². The largest absolute Gasteiger partial charge is 0.341 e. The van der Waals surface area contributed by atoms with Crippen molar-refractivity contribution >= 4 is 17.8 Å². The van der Waals surface area contributed by atoms with Crippen LogP contribution in [0.15, 0.2) is 60.7 Å². The van der Waals surface area contributed by atoms with E-state index in [4.69, 9.17) is 0 Å². The molecule has 1 atom stereocenters. The van der Waals surface area contributed by atoms with Crippen LogP contribution in [0.4, 0.5) is 4.79 Å². The molecule has 2 aliphatic rings. The van der Waals surface area contributed by atoms with Crippen molar-refractivity contribution < 1.29 is 14.4 Å². The summed E-state index contributed by atoms with van der Waals surface area (Å²) in [5.74, 6) is 0.0534. The molecule has 4 rings (SSSR count). The standard InChI is InChI=1S/C24H27N3O3/c1-18-12-14-26(15-13-18)21(28)17-27-22(29)24(25-23(27)30,20-10-6-3-7-11-20)16-19-8-4-2-5-9-19/h2-11,18H,12-17H2,1H3,(H,25,30). The Kier molecular flexibility index (Phi) is 5.57. The summed E-state index contributed by atoms with van der Waals surface area (Å²) in [6, 6.07) is 18.4. The minimum atomic E-state index is -1.21. The van der Waals surface area contributed by atoms with Gasteiger partial charge in [-0.3, -0.25) is 14.5 Å². The van der Waals surface area contributed by atoms with E-state index >= 15 is 0 Å². The smallest absolute Gasteiger partial charge is 0.325 e. The third-order valence-corrected chi connectivity index (χ3v) is 6.18. The van der Waals surface area contributed by atoms with Crippen LogP contribution in [-0.2, 0) is 21.5 Å². The number of imide groups is 1. The predicted octanol–water partition coefficient (Wildman–Crippen LogP) is 2.93. The number of amides is 4. The van der Waals surface area contributed by atoms with Crippen LogP contribution >= 0.6 is 0 Å². The third kappa shape index (κ3) is 3.82. The SMILES string of the molecule is CC1CCN(C(=O)CN2C(=O)NC(Cc3ccccc3)(c3ccccc3)C2=O)CC1. The molecule has 30 heavy (non-hydrogen) atoms. The van der Waals surface area contributed by atoms with E-state index in [2.05, 4.69) is 12.2 Å². The fourth-order valence-electron chi connectivity index (χ4n) is 4.31. The summed E-state index contributed by atoms with van der Waals surface area (Å²) in [6.07, 6.45) is 2.23. The number of hydrogen-bond donors (Lipinski definition) is 1. The van der Waals surface area contributed by atoms with E-state index in [1.165, 1.54) is 0 Å². The van der Waals surface area contributed by atoms with Crippen LogP contribution in [0.3, 0.4) is 0 Å². The molecule has 2 fully saturated rings. The van der Waals surface area contributed by atoms with Gasteiger partial charge in [-0.25, -0.2) is 4.79 Å². The Labute approximate surface area is 176 Å². The normalized spacial score (nSPS) is 22.3. The molecule has 1 N–H and O–H groups in total. The van der Waals surface area contributed by atoms with E-state index in [0.29, 0.717) is 31.0 Å². The molecule has 6 heteroatoms. The van der Waals surface area contributed by atoms with Crippen molar-refractivity contribution in [2.75, 3.05) is 19.6 Å². The van der Waals surface area contributed by atoms with Crippen LogP contribution in [0, 0.1) is 5.92 Å². The summed E-state index contributed by atoms with van der Waals surface area (Å²) < 4.78 is 0. The number of nitrogens with zero attached hydrogens (tertiary/aromatic N) is 2. The lowest BCUT2D eigenvalue weighted by Crippen LogP contribution is -2.48. The Morgan fingerprint density at radius 3 is 2.23 bits per heavy atom. The van der Waals surface area contributed by atoms with Crippen molar-refractivity contribution in [2.24, 2.45) is 5.92 Å². The van der Waals surface area contributed by atoms with Crippen molar-refractivity contribution in [1.82, 2.24) is 15.1 Å². The zero-order chi connectivity index (χ0) is 21.1. The fraction of sp³-hybridized carbons (Fsp3) is 0.375. The second-order valence-corrected chi connectivity index (χ2v) is 8.32. The van der Waals surface area contributed by atoms with Gasteiger partial charge in [-0.2, -0.15) is 0 Å². The fourth-order valence-corrected chi connectivity index (χ4v) is 4.31. The highest BCUT2D eigenvalue weighted by atomic mass is 16.2. The van der Waals surface area contributed by atoms with Crippen molar-refractivity contribution in [3.8, 4) is 0 Å². The Morgan fingerprint density at radius 2 is 1.60 bits per heavy atom. The lowest BCUT2D eigenvalue weighted by Gasteiger charge is -2.31. The number of rotatable bonds is 5. The number of nitrogens with one attached hydrogen (secondary N) is 1. The van der Waals surface area contributed by atoms with Gasteiger partial charge in [0, 0.05) is 19.5 Å². The highest BCUT2D eigenvalue weighted by Crippen LogP contribution is 2.33. The molecule has 0 bridgehead atoms. The van der Waals surface area contributed by atoms with Crippen LogP contribution in [0.25, 0.3) is 0 Å². The molecule has 1 unspecified atom stereocenters. The van der Waals surface area contributed by atoms with Crippen molar-refractivity contribution in [3.05, 3.63) is 71.8 Å². The first-order valence-electron chi connectivity index (χ1n) is 10.5. The Morgan fingerprint density at radius 1 is 1.00 bits per heavy atom. The Hall–Kier alpha value is -3.15. The zero-order valence-corrected chi connectivity index (χ0v) is 17.2.